The molecule has 2 rings (SSSR count). The Kier molecular flexibility index (Phi) is 4.35. The molecule has 0 saturated carbocycles. The molecule has 0 atom stereocenters. The van der Waals surface area contributed by atoms with Crippen molar-refractivity contribution in [3.8, 4) is 16.9 Å². The van der Waals surface area contributed by atoms with Crippen molar-refractivity contribution < 1.29 is 17.9 Å². The van der Waals surface area contributed by atoms with E-state index >= 15 is 0 Å². The molecule has 2 aromatic rings. The first-order valence-electron chi connectivity index (χ1n) is 5.63. The summed E-state index contributed by atoms with van der Waals surface area (Å²) in [5, 5.41) is -0.384. The Balaban J connectivity index is 2.52. The molecule has 0 bridgehead atoms. The summed E-state index contributed by atoms with van der Waals surface area (Å²) in [6.07, 6.45) is 1.45. The van der Waals surface area contributed by atoms with Crippen LogP contribution in [0.5, 0.6) is 5.75 Å². The molecule has 0 unspecified atom stereocenters. The molecule has 0 aromatic heterocycles. The van der Waals surface area contributed by atoms with Crippen molar-refractivity contribution in [2.24, 2.45) is 0 Å². The van der Waals surface area contributed by atoms with Crippen LogP contribution in [0.2, 0.25) is 5.02 Å². The number of benzene rings is 2. The van der Waals surface area contributed by atoms with Gasteiger partial charge in [-0.2, -0.15) is 0 Å². The van der Waals surface area contributed by atoms with Gasteiger partial charge in [0.25, 0.3) is 0 Å². The van der Waals surface area contributed by atoms with Gasteiger partial charge in [-0.25, -0.2) is 13.2 Å². The highest BCUT2D eigenvalue weighted by Gasteiger charge is 2.18. The average molecular weight is 298 g/mol. The van der Waals surface area contributed by atoms with E-state index in [9.17, 15) is 13.2 Å². The van der Waals surface area contributed by atoms with Crippen LogP contribution in [0.15, 0.2) is 36.9 Å². The Bertz CT molecular complexity index is 633. The van der Waals surface area contributed by atoms with E-state index in [1.54, 1.807) is 0 Å². The zero-order chi connectivity index (χ0) is 14.7. The van der Waals surface area contributed by atoms with Crippen LogP contribution < -0.4 is 4.74 Å². The molecule has 5 heteroatoms. The molecule has 0 saturated heterocycles. The van der Waals surface area contributed by atoms with Crippen LogP contribution in [0.25, 0.3) is 11.1 Å². The van der Waals surface area contributed by atoms with E-state index in [1.165, 1.54) is 18.2 Å². The zero-order valence-corrected chi connectivity index (χ0v) is 11.0. The van der Waals surface area contributed by atoms with Gasteiger partial charge in [0.1, 0.15) is 29.8 Å². The largest absolute Gasteiger partial charge is 0.489 e. The Morgan fingerprint density at radius 1 is 1.25 bits per heavy atom. The molecule has 0 N–H and O–H groups in total. The maximum atomic E-state index is 14.0. The predicted octanol–water partition coefficient (Wildman–Crippen LogP) is 4.79. The number of halogens is 4. The highest BCUT2D eigenvalue weighted by Crippen LogP contribution is 2.35. The molecular formula is C15H9ClF3O. The lowest BCUT2D eigenvalue weighted by molar-refractivity contribution is 0.358. The van der Waals surface area contributed by atoms with Crippen molar-refractivity contribution >= 4 is 11.6 Å². The van der Waals surface area contributed by atoms with Gasteiger partial charge < -0.3 is 4.74 Å². The van der Waals surface area contributed by atoms with Gasteiger partial charge in [0.2, 0.25) is 0 Å². The predicted molar refractivity (Wildman–Crippen MR) is 71.3 cm³/mol. The summed E-state index contributed by atoms with van der Waals surface area (Å²) < 4.78 is 46.4. The third-order valence-electron chi connectivity index (χ3n) is 2.54. The van der Waals surface area contributed by atoms with Crippen LogP contribution in [-0.4, -0.2) is 6.61 Å². The van der Waals surface area contributed by atoms with Gasteiger partial charge in [-0.3, -0.25) is 0 Å². The van der Waals surface area contributed by atoms with Crippen LogP contribution >= 0.6 is 11.6 Å². The molecule has 0 aliphatic heterocycles. The van der Waals surface area contributed by atoms with Crippen LogP contribution in [0.3, 0.4) is 0 Å². The second-order valence-electron chi connectivity index (χ2n) is 3.88. The molecule has 2 aromatic carbocycles. The molecule has 0 amide bonds. The minimum Gasteiger partial charge on any atom is -0.489 e. The lowest BCUT2D eigenvalue weighted by atomic mass is 10.0. The fraction of sp³-hybridized carbons (Fsp3) is 0.0667. The molecule has 0 fully saturated rings. The van der Waals surface area contributed by atoms with Gasteiger partial charge in [-0.15, -0.1) is 0 Å². The lowest BCUT2D eigenvalue weighted by Crippen LogP contribution is -1.98. The van der Waals surface area contributed by atoms with E-state index in [0.717, 1.165) is 12.1 Å². The summed E-state index contributed by atoms with van der Waals surface area (Å²) >= 11 is 5.71. The zero-order valence-electron chi connectivity index (χ0n) is 10.2. The van der Waals surface area contributed by atoms with Crippen LogP contribution in [0, 0.1) is 23.5 Å². The standard InChI is InChI=1S/C15H9ClF3O/c1-2-6-20-9-7-12(18)14(13(19)8-9)10-4-3-5-11(17)15(10)16/h2-4,7-8H,1,6H2. The Labute approximate surface area is 119 Å². The van der Waals surface area contributed by atoms with Gasteiger partial charge in [0.15, 0.2) is 0 Å². The van der Waals surface area contributed by atoms with E-state index in [1.807, 2.05) is 0 Å². The maximum absolute atomic E-state index is 14.0. The van der Waals surface area contributed by atoms with Crippen molar-refractivity contribution in [2.75, 3.05) is 6.61 Å². The van der Waals surface area contributed by atoms with E-state index in [-0.39, 0.29) is 22.9 Å². The van der Waals surface area contributed by atoms with E-state index in [0.29, 0.717) is 0 Å². The van der Waals surface area contributed by atoms with Crippen molar-refractivity contribution in [1.29, 1.82) is 0 Å². The Morgan fingerprint density at radius 3 is 2.50 bits per heavy atom. The van der Waals surface area contributed by atoms with Crippen molar-refractivity contribution in [3.05, 3.63) is 65.5 Å². The number of ether oxygens (including phenoxy) is 1. The third kappa shape index (κ3) is 2.80. The van der Waals surface area contributed by atoms with Crippen molar-refractivity contribution in [1.82, 2.24) is 0 Å². The molecule has 0 spiro atoms. The van der Waals surface area contributed by atoms with Crippen molar-refractivity contribution in [2.45, 2.75) is 0 Å². The highest BCUT2D eigenvalue weighted by molar-refractivity contribution is 6.33. The summed E-state index contributed by atoms with van der Waals surface area (Å²) in [4.78, 5) is 0. The van der Waals surface area contributed by atoms with Gasteiger partial charge in [-0.05, 0) is 0 Å². The van der Waals surface area contributed by atoms with Crippen LogP contribution in [-0.2, 0) is 0 Å². The molecule has 20 heavy (non-hydrogen) atoms. The Hall–Kier alpha value is -1.94. The van der Waals surface area contributed by atoms with Crippen LogP contribution in [0.1, 0.15) is 0 Å². The summed E-state index contributed by atoms with van der Waals surface area (Å²) in [7, 11) is 0. The average Bonchev–Trinajstić information content (AvgIpc) is 2.40. The van der Waals surface area contributed by atoms with Crippen molar-refractivity contribution in [3.63, 3.8) is 0 Å². The third-order valence-corrected chi connectivity index (χ3v) is 2.91. The summed E-state index contributed by atoms with van der Waals surface area (Å²) in [5.41, 5.74) is -0.484. The number of hydrogen-bond donors (Lipinski definition) is 0. The van der Waals surface area contributed by atoms with Gasteiger partial charge >= 0.3 is 0 Å². The second-order valence-corrected chi connectivity index (χ2v) is 4.26. The SMILES string of the molecule is C=CCOc1cc(F)c(-c2cc[c]c(F)c2Cl)c(F)c1. The minimum atomic E-state index is -0.892. The molecule has 103 valence electrons. The number of hydrogen-bond acceptors (Lipinski definition) is 1. The number of rotatable bonds is 4. The van der Waals surface area contributed by atoms with E-state index in [4.69, 9.17) is 16.3 Å². The minimum absolute atomic E-state index is 0.0164. The maximum Gasteiger partial charge on any atom is 0.150 e. The molecule has 0 aliphatic carbocycles. The van der Waals surface area contributed by atoms with E-state index < -0.39 is 23.0 Å². The second kappa shape index (κ2) is 6.01. The first-order valence-corrected chi connectivity index (χ1v) is 6.01. The molecule has 0 heterocycles. The fourth-order valence-electron chi connectivity index (χ4n) is 1.69. The fourth-order valence-corrected chi connectivity index (χ4v) is 1.90. The normalized spacial score (nSPS) is 10.4. The lowest BCUT2D eigenvalue weighted by Gasteiger charge is -2.10. The van der Waals surface area contributed by atoms with Gasteiger partial charge in [0.05, 0.1) is 10.6 Å². The quantitative estimate of drug-likeness (QED) is 0.737. The first-order chi connectivity index (χ1) is 9.54. The summed E-state index contributed by atoms with van der Waals surface area (Å²) in [6.45, 7) is 3.55. The molecular weight excluding hydrogens is 289 g/mol. The van der Waals surface area contributed by atoms with E-state index in [2.05, 4.69) is 12.6 Å². The molecule has 1 radical (unpaired) electrons. The summed E-state index contributed by atoms with van der Waals surface area (Å²) in [6, 6.07) is 6.72. The Morgan fingerprint density at radius 2 is 1.90 bits per heavy atom. The first kappa shape index (κ1) is 14.5. The van der Waals surface area contributed by atoms with Gasteiger partial charge in [-0.1, -0.05) is 36.4 Å². The smallest absolute Gasteiger partial charge is 0.150 e. The van der Waals surface area contributed by atoms with Crippen LogP contribution in [0.4, 0.5) is 13.2 Å². The molecule has 1 nitrogen and oxygen atoms in total. The summed E-state index contributed by atoms with van der Waals surface area (Å²) in [5.74, 6) is -2.63. The highest BCUT2D eigenvalue weighted by atomic mass is 35.5. The molecule has 0 aliphatic rings. The topological polar surface area (TPSA) is 9.23 Å². The monoisotopic (exact) mass is 297 g/mol. The van der Waals surface area contributed by atoms with Gasteiger partial charge in [0, 0.05) is 23.8 Å².